The number of halogens is 1. The average Bonchev–Trinajstić information content (AvgIpc) is 2.28. The van der Waals surface area contributed by atoms with Gasteiger partial charge in [-0.2, -0.15) is 4.39 Å². The SMILES string of the molecule is CO[PH](=O)C1OC(=O)OC1F. The Kier molecular flexibility index (Phi) is 2.46. The van der Waals surface area contributed by atoms with Crippen molar-refractivity contribution in [1.82, 2.24) is 0 Å². The molecule has 0 spiro atoms. The van der Waals surface area contributed by atoms with Crippen LogP contribution in [-0.2, 0) is 18.6 Å². The minimum absolute atomic E-state index is 1.14. The molecule has 7 heteroatoms. The summed E-state index contributed by atoms with van der Waals surface area (Å²) in [5.41, 5.74) is 0. The predicted octanol–water partition coefficient (Wildman–Crippen LogP) is 0.896. The molecule has 1 aliphatic rings. The van der Waals surface area contributed by atoms with E-state index in [1.54, 1.807) is 0 Å². The van der Waals surface area contributed by atoms with Gasteiger partial charge in [-0.15, -0.1) is 0 Å². The van der Waals surface area contributed by atoms with E-state index in [0.29, 0.717) is 0 Å². The topological polar surface area (TPSA) is 61.8 Å². The zero-order valence-corrected chi connectivity index (χ0v) is 6.57. The molecule has 3 atom stereocenters. The molecule has 0 aromatic carbocycles. The molecule has 1 saturated heterocycles. The summed E-state index contributed by atoms with van der Waals surface area (Å²) in [7, 11) is -1.54. The third-order valence-corrected chi connectivity index (χ3v) is 2.35. The maximum Gasteiger partial charge on any atom is 0.512 e. The molecule has 1 fully saturated rings. The lowest BCUT2D eigenvalue weighted by Gasteiger charge is -2.05. The highest BCUT2D eigenvalue weighted by Crippen LogP contribution is 2.37. The smallest absolute Gasteiger partial charge is 0.414 e. The predicted molar refractivity (Wildman–Crippen MR) is 32.3 cm³/mol. The van der Waals surface area contributed by atoms with Crippen molar-refractivity contribution in [2.24, 2.45) is 0 Å². The highest BCUT2D eigenvalue weighted by molar-refractivity contribution is 7.39. The van der Waals surface area contributed by atoms with E-state index in [-0.39, 0.29) is 0 Å². The van der Waals surface area contributed by atoms with Gasteiger partial charge >= 0.3 is 6.16 Å². The first kappa shape index (κ1) is 8.49. The number of carbonyl (C=O) groups excluding carboxylic acids is 1. The fraction of sp³-hybridized carbons (Fsp3) is 0.750. The molecular weight excluding hydrogens is 178 g/mol. The molecule has 1 heterocycles. The Bertz CT molecular complexity index is 195. The first-order valence-electron chi connectivity index (χ1n) is 2.74. The Morgan fingerprint density at radius 3 is 2.64 bits per heavy atom. The average molecular weight is 184 g/mol. The lowest BCUT2D eigenvalue weighted by molar-refractivity contribution is 0.0494. The highest BCUT2D eigenvalue weighted by atomic mass is 31.1. The highest BCUT2D eigenvalue weighted by Gasteiger charge is 2.41. The molecular formula is C4H6FO5P. The van der Waals surface area contributed by atoms with Gasteiger partial charge in [0.1, 0.15) is 0 Å². The third kappa shape index (κ3) is 1.70. The Balaban J connectivity index is 2.59. The van der Waals surface area contributed by atoms with Crippen LogP contribution in [0.15, 0.2) is 0 Å². The molecule has 3 unspecified atom stereocenters. The van der Waals surface area contributed by atoms with Crippen molar-refractivity contribution in [1.29, 1.82) is 0 Å². The zero-order chi connectivity index (χ0) is 8.43. The molecule has 0 bridgehead atoms. The fourth-order valence-electron chi connectivity index (χ4n) is 0.610. The van der Waals surface area contributed by atoms with Crippen molar-refractivity contribution in [3.63, 3.8) is 0 Å². The van der Waals surface area contributed by atoms with E-state index >= 15 is 0 Å². The summed E-state index contributed by atoms with van der Waals surface area (Å²) < 4.78 is 35.6. The first-order valence-corrected chi connectivity index (χ1v) is 4.13. The van der Waals surface area contributed by atoms with Crippen LogP contribution in [0.3, 0.4) is 0 Å². The minimum Gasteiger partial charge on any atom is -0.414 e. The van der Waals surface area contributed by atoms with Gasteiger partial charge < -0.3 is 14.0 Å². The number of alkyl halides is 1. The molecule has 0 aliphatic carbocycles. The van der Waals surface area contributed by atoms with Crippen LogP contribution in [0.2, 0.25) is 0 Å². The van der Waals surface area contributed by atoms with Crippen molar-refractivity contribution in [2.45, 2.75) is 12.2 Å². The van der Waals surface area contributed by atoms with E-state index < -0.39 is 26.4 Å². The molecule has 1 aliphatic heterocycles. The second kappa shape index (κ2) is 3.19. The summed E-state index contributed by atoms with van der Waals surface area (Å²) in [4.78, 5) is 10.2. The Labute approximate surface area is 62.3 Å². The van der Waals surface area contributed by atoms with Crippen LogP contribution in [0.4, 0.5) is 9.18 Å². The third-order valence-electron chi connectivity index (χ3n) is 1.10. The lowest BCUT2D eigenvalue weighted by atomic mass is 10.7. The Morgan fingerprint density at radius 1 is 1.64 bits per heavy atom. The maximum absolute atomic E-state index is 12.5. The maximum atomic E-state index is 12.5. The van der Waals surface area contributed by atoms with Crippen molar-refractivity contribution < 1.29 is 27.7 Å². The van der Waals surface area contributed by atoms with Crippen LogP contribution in [0.25, 0.3) is 0 Å². The number of carbonyl (C=O) groups is 1. The van der Waals surface area contributed by atoms with E-state index in [9.17, 15) is 13.8 Å². The number of ether oxygens (including phenoxy) is 2. The fourth-order valence-corrected chi connectivity index (χ4v) is 1.32. The molecule has 0 amide bonds. The van der Waals surface area contributed by atoms with E-state index in [1.807, 2.05) is 0 Å². The molecule has 1 rings (SSSR count). The Hall–Kier alpha value is -0.610. The van der Waals surface area contributed by atoms with E-state index in [0.717, 1.165) is 7.11 Å². The van der Waals surface area contributed by atoms with Gasteiger partial charge in [0.2, 0.25) is 13.9 Å². The Morgan fingerprint density at radius 2 is 2.27 bits per heavy atom. The van der Waals surface area contributed by atoms with Gasteiger partial charge in [-0.05, 0) is 0 Å². The molecule has 0 aromatic heterocycles. The molecule has 0 aromatic rings. The molecule has 64 valence electrons. The molecule has 0 N–H and O–H groups in total. The number of rotatable bonds is 2. The van der Waals surface area contributed by atoms with Gasteiger partial charge in [0.15, 0.2) is 0 Å². The summed E-state index contributed by atoms with van der Waals surface area (Å²) in [5.74, 6) is -1.39. The zero-order valence-electron chi connectivity index (χ0n) is 5.57. The molecule has 0 radical (unpaired) electrons. The van der Waals surface area contributed by atoms with Crippen molar-refractivity contribution in [2.75, 3.05) is 7.11 Å². The van der Waals surface area contributed by atoms with E-state index in [4.69, 9.17) is 0 Å². The second-order valence-corrected chi connectivity index (χ2v) is 3.40. The molecule has 0 saturated carbocycles. The standard InChI is InChI=1S/C4H6FO5P/c1-8-11(7)3-2(5)9-4(6)10-3/h2-3,11H,1H3. The summed E-state index contributed by atoms with van der Waals surface area (Å²) >= 11 is 0. The van der Waals surface area contributed by atoms with Gasteiger partial charge in [0.05, 0.1) is 0 Å². The summed E-state index contributed by atoms with van der Waals surface area (Å²) in [6, 6.07) is 0. The van der Waals surface area contributed by atoms with Crippen molar-refractivity contribution in [3.05, 3.63) is 0 Å². The van der Waals surface area contributed by atoms with Gasteiger partial charge in [-0.25, -0.2) is 4.79 Å². The summed E-state index contributed by atoms with van der Waals surface area (Å²) in [6.45, 7) is 0. The lowest BCUT2D eigenvalue weighted by Crippen LogP contribution is -2.13. The summed E-state index contributed by atoms with van der Waals surface area (Å²) in [5, 5.41) is 0. The van der Waals surface area contributed by atoms with Crippen LogP contribution in [0.1, 0.15) is 0 Å². The number of cyclic esters (lactones) is 2. The largest absolute Gasteiger partial charge is 0.512 e. The van der Waals surface area contributed by atoms with Crippen LogP contribution in [0.5, 0.6) is 0 Å². The van der Waals surface area contributed by atoms with Crippen LogP contribution < -0.4 is 0 Å². The molecule has 5 nitrogen and oxygen atoms in total. The van der Waals surface area contributed by atoms with Crippen LogP contribution in [-0.4, -0.2) is 25.5 Å². The molecule has 11 heavy (non-hydrogen) atoms. The number of hydrogen-bond acceptors (Lipinski definition) is 5. The summed E-state index contributed by atoms with van der Waals surface area (Å²) in [6.07, 6.45) is -3.13. The van der Waals surface area contributed by atoms with Gasteiger partial charge in [-0.1, -0.05) is 0 Å². The van der Waals surface area contributed by atoms with E-state index in [2.05, 4.69) is 14.0 Å². The van der Waals surface area contributed by atoms with Crippen molar-refractivity contribution >= 4 is 14.2 Å². The van der Waals surface area contributed by atoms with Gasteiger partial charge in [0.25, 0.3) is 6.36 Å². The quantitative estimate of drug-likeness (QED) is 0.471. The van der Waals surface area contributed by atoms with Crippen LogP contribution in [0, 0.1) is 0 Å². The monoisotopic (exact) mass is 184 g/mol. The minimum atomic E-state index is -2.68. The van der Waals surface area contributed by atoms with Gasteiger partial charge in [-0.3, -0.25) is 4.57 Å². The van der Waals surface area contributed by atoms with E-state index in [1.165, 1.54) is 0 Å². The van der Waals surface area contributed by atoms with Gasteiger partial charge in [0, 0.05) is 7.11 Å². The normalized spacial score (nSPS) is 32.7. The van der Waals surface area contributed by atoms with Crippen LogP contribution >= 0.6 is 8.03 Å². The second-order valence-electron chi connectivity index (χ2n) is 1.78. The number of hydrogen-bond donors (Lipinski definition) is 0. The first-order chi connectivity index (χ1) is 5.15. The van der Waals surface area contributed by atoms with Crippen molar-refractivity contribution in [3.8, 4) is 0 Å².